The number of hydrogen-bond donors (Lipinski definition) is 1. The topological polar surface area (TPSA) is 43.8 Å². The summed E-state index contributed by atoms with van der Waals surface area (Å²) in [6, 6.07) is 0. The van der Waals surface area contributed by atoms with Gasteiger partial charge in [0, 0.05) is 26.7 Å². The summed E-state index contributed by atoms with van der Waals surface area (Å²) in [5, 5.41) is 8.82. The van der Waals surface area contributed by atoms with Crippen LogP contribution in [0.4, 0.5) is 4.79 Å². The van der Waals surface area contributed by atoms with Gasteiger partial charge in [-0.25, -0.2) is 4.79 Å². The van der Waals surface area contributed by atoms with Gasteiger partial charge in [-0.2, -0.15) is 0 Å². The molecule has 1 amide bonds. The smallest absolute Gasteiger partial charge is 0.407 e. The molecule has 0 heterocycles. The summed E-state index contributed by atoms with van der Waals surface area (Å²) >= 11 is 0. The van der Waals surface area contributed by atoms with E-state index < -0.39 is 6.09 Å². The maximum atomic E-state index is 10.7. The fraction of sp³-hybridized carbons (Fsp3) is 0.800. The maximum absolute atomic E-state index is 10.7. The highest BCUT2D eigenvalue weighted by Crippen LogP contribution is 2.31. The first-order valence-corrected chi connectivity index (χ1v) is 7.26. The van der Waals surface area contributed by atoms with Gasteiger partial charge in [-0.15, -0.1) is 6.58 Å². The Morgan fingerprint density at radius 2 is 1.84 bits per heavy atom. The van der Waals surface area contributed by atoms with E-state index in [4.69, 9.17) is 5.11 Å². The molecule has 4 nitrogen and oxygen atoms in total. The number of hydrogen-bond acceptors (Lipinski definition) is 2. The standard InChI is InChI=1S/C15H28N2O2/c1-4-10-16(2)12-14-7-5-13(6-8-14)9-11-17(3)15(18)19/h4,13-14H,1,5-12H2,2-3H3,(H,18,19). The van der Waals surface area contributed by atoms with Gasteiger partial charge >= 0.3 is 6.09 Å². The van der Waals surface area contributed by atoms with E-state index in [1.165, 1.54) is 30.6 Å². The molecule has 0 atom stereocenters. The molecule has 0 saturated heterocycles. The van der Waals surface area contributed by atoms with Crippen LogP contribution in [0.25, 0.3) is 0 Å². The molecule has 110 valence electrons. The van der Waals surface area contributed by atoms with E-state index in [0.29, 0.717) is 12.5 Å². The summed E-state index contributed by atoms with van der Waals surface area (Å²) in [5.41, 5.74) is 0. The Bertz CT molecular complexity index is 286. The molecule has 0 spiro atoms. The Kier molecular flexibility index (Phi) is 6.92. The number of rotatable bonds is 7. The zero-order valence-corrected chi connectivity index (χ0v) is 12.3. The van der Waals surface area contributed by atoms with Crippen molar-refractivity contribution < 1.29 is 9.90 Å². The van der Waals surface area contributed by atoms with E-state index in [9.17, 15) is 4.79 Å². The van der Waals surface area contributed by atoms with E-state index in [0.717, 1.165) is 25.4 Å². The van der Waals surface area contributed by atoms with E-state index in [1.54, 1.807) is 7.05 Å². The number of likely N-dealkylation sites (N-methyl/N-ethyl adjacent to an activating group) is 1. The van der Waals surface area contributed by atoms with Crippen molar-refractivity contribution in [3.63, 3.8) is 0 Å². The van der Waals surface area contributed by atoms with Gasteiger partial charge in [0.15, 0.2) is 0 Å². The zero-order chi connectivity index (χ0) is 14.3. The van der Waals surface area contributed by atoms with Crippen molar-refractivity contribution >= 4 is 6.09 Å². The van der Waals surface area contributed by atoms with E-state index >= 15 is 0 Å². The van der Waals surface area contributed by atoms with E-state index in [-0.39, 0.29) is 0 Å². The number of nitrogens with zero attached hydrogens (tertiary/aromatic N) is 2. The van der Waals surface area contributed by atoms with Gasteiger partial charge in [0.2, 0.25) is 0 Å². The van der Waals surface area contributed by atoms with E-state index in [2.05, 4.69) is 18.5 Å². The quantitative estimate of drug-likeness (QED) is 0.722. The largest absolute Gasteiger partial charge is 0.465 e. The van der Waals surface area contributed by atoms with Crippen LogP contribution in [0.3, 0.4) is 0 Å². The maximum Gasteiger partial charge on any atom is 0.407 e. The van der Waals surface area contributed by atoms with Gasteiger partial charge in [-0.3, -0.25) is 0 Å². The minimum Gasteiger partial charge on any atom is -0.465 e. The molecule has 1 rings (SSSR count). The van der Waals surface area contributed by atoms with Gasteiger partial charge < -0.3 is 14.9 Å². The van der Waals surface area contributed by atoms with Crippen LogP contribution in [0.2, 0.25) is 0 Å². The Hall–Kier alpha value is -1.03. The van der Waals surface area contributed by atoms with Crippen LogP contribution < -0.4 is 0 Å². The minimum absolute atomic E-state index is 0.668. The first-order chi connectivity index (χ1) is 9.02. The predicted molar refractivity (Wildman–Crippen MR) is 78.4 cm³/mol. The second-order valence-corrected chi connectivity index (χ2v) is 5.89. The molecule has 1 N–H and O–H groups in total. The lowest BCUT2D eigenvalue weighted by Gasteiger charge is -2.31. The summed E-state index contributed by atoms with van der Waals surface area (Å²) in [5.74, 6) is 1.51. The zero-order valence-electron chi connectivity index (χ0n) is 12.3. The van der Waals surface area contributed by atoms with Crippen molar-refractivity contribution in [3.05, 3.63) is 12.7 Å². The number of amides is 1. The highest BCUT2D eigenvalue weighted by atomic mass is 16.4. The van der Waals surface area contributed by atoms with Gasteiger partial charge in [-0.05, 0) is 38.1 Å². The predicted octanol–water partition coefficient (Wildman–Crippen LogP) is 2.91. The molecule has 1 fully saturated rings. The highest BCUT2D eigenvalue weighted by Gasteiger charge is 2.22. The van der Waals surface area contributed by atoms with Gasteiger partial charge in [0.05, 0.1) is 0 Å². The number of carboxylic acid groups (broad SMARTS) is 1. The van der Waals surface area contributed by atoms with Crippen molar-refractivity contribution in [2.45, 2.75) is 32.1 Å². The van der Waals surface area contributed by atoms with Crippen LogP contribution in [-0.2, 0) is 0 Å². The first-order valence-electron chi connectivity index (χ1n) is 7.26. The van der Waals surface area contributed by atoms with Crippen molar-refractivity contribution in [2.75, 3.05) is 33.7 Å². The molecule has 1 aliphatic rings. The fourth-order valence-corrected chi connectivity index (χ4v) is 2.91. The van der Waals surface area contributed by atoms with Crippen LogP contribution in [0.15, 0.2) is 12.7 Å². The van der Waals surface area contributed by atoms with Gasteiger partial charge in [0.25, 0.3) is 0 Å². The number of carbonyl (C=O) groups is 1. The minimum atomic E-state index is -0.820. The van der Waals surface area contributed by atoms with Crippen molar-refractivity contribution in [1.29, 1.82) is 0 Å². The van der Waals surface area contributed by atoms with Crippen molar-refractivity contribution in [1.82, 2.24) is 9.80 Å². The molecule has 0 aromatic carbocycles. The lowest BCUT2D eigenvalue weighted by atomic mass is 9.80. The average molecular weight is 268 g/mol. The lowest BCUT2D eigenvalue weighted by molar-refractivity contribution is 0.148. The molecule has 0 radical (unpaired) electrons. The second-order valence-electron chi connectivity index (χ2n) is 5.89. The van der Waals surface area contributed by atoms with E-state index in [1.807, 2.05) is 6.08 Å². The monoisotopic (exact) mass is 268 g/mol. The molecule has 1 aliphatic carbocycles. The van der Waals surface area contributed by atoms with Gasteiger partial charge in [0.1, 0.15) is 0 Å². The summed E-state index contributed by atoms with van der Waals surface area (Å²) in [6.07, 6.45) is 7.21. The molecule has 0 aliphatic heterocycles. The van der Waals surface area contributed by atoms with Crippen LogP contribution in [0.1, 0.15) is 32.1 Å². The molecule has 0 unspecified atom stereocenters. The van der Waals surface area contributed by atoms with Crippen molar-refractivity contribution in [3.8, 4) is 0 Å². The first kappa shape index (κ1) is 16.0. The van der Waals surface area contributed by atoms with Crippen LogP contribution in [-0.4, -0.2) is 54.7 Å². The van der Waals surface area contributed by atoms with Crippen LogP contribution in [0.5, 0.6) is 0 Å². The normalized spacial score (nSPS) is 23.3. The third kappa shape index (κ3) is 6.10. The Balaban J connectivity index is 2.18. The Morgan fingerprint density at radius 3 is 2.37 bits per heavy atom. The Morgan fingerprint density at radius 1 is 1.26 bits per heavy atom. The average Bonchev–Trinajstić information content (AvgIpc) is 2.37. The molecule has 0 bridgehead atoms. The molecule has 4 heteroatoms. The molecular formula is C15H28N2O2. The van der Waals surface area contributed by atoms with Crippen LogP contribution >= 0.6 is 0 Å². The Labute approximate surface area is 117 Å². The molecule has 19 heavy (non-hydrogen) atoms. The molecule has 0 aromatic rings. The van der Waals surface area contributed by atoms with Crippen molar-refractivity contribution in [2.24, 2.45) is 11.8 Å². The highest BCUT2D eigenvalue weighted by molar-refractivity contribution is 5.64. The van der Waals surface area contributed by atoms with Gasteiger partial charge in [-0.1, -0.05) is 18.9 Å². The third-order valence-corrected chi connectivity index (χ3v) is 4.18. The fourth-order valence-electron chi connectivity index (χ4n) is 2.91. The summed E-state index contributed by atoms with van der Waals surface area (Å²) in [6.45, 7) is 6.56. The SMILES string of the molecule is C=CCN(C)CC1CCC(CCN(C)C(=O)O)CC1. The second kappa shape index (κ2) is 8.20. The summed E-state index contributed by atoms with van der Waals surface area (Å²) in [7, 11) is 3.80. The molecule has 1 saturated carbocycles. The van der Waals surface area contributed by atoms with Crippen LogP contribution in [0, 0.1) is 11.8 Å². The molecular weight excluding hydrogens is 240 g/mol. The third-order valence-electron chi connectivity index (χ3n) is 4.18. The lowest BCUT2D eigenvalue weighted by Crippen LogP contribution is -2.30. The summed E-state index contributed by atoms with van der Waals surface area (Å²) in [4.78, 5) is 14.4. The molecule has 0 aromatic heterocycles. The summed E-state index contributed by atoms with van der Waals surface area (Å²) < 4.78 is 0.